The van der Waals surface area contributed by atoms with Gasteiger partial charge in [0.25, 0.3) is 0 Å². The quantitative estimate of drug-likeness (QED) is 0.231. The molecule has 0 spiro atoms. The molecule has 6 aromatic rings. The van der Waals surface area contributed by atoms with Gasteiger partial charge in [-0.25, -0.2) is 15.0 Å². The summed E-state index contributed by atoms with van der Waals surface area (Å²) in [5.74, 6) is 3.58. The zero-order valence-electron chi connectivity index (χ0n) is 22.4. The van der Waals surface area contributed by atoms with E-state index in [4.69, 9.17) is 19.7 Å². The molecule has 5 aromatic carbocycles. The van der Waals surface area contributed by atoms with Crippen LogP contribution in [0, 0.1) is 0 Å². The molecule has 5 heteroatoms. The van der Waals surface area contributed by atoms with E-state index in [-0.39, 0.29) is 0 Å². The first-order valence-corrected chi connectivity index (χ1v) is 13.5. The summed E-state index contributed by atoms with van der Waals surface area (Å²) in [6.07, 6.45) is 0. The monoisotopic (exact) mass is 520 g/mol. The third-order valence-electron chi connectivity index (χ3n) is 6.52. The Hall–Kier alpha value is -5.29. The Morgan fingerprint density at radius 2 is 0.800 bits per heavy atom. The van der Waals surface area contributed by atoms with Crippen molar-refractivity contribution >= 4 is 17.1 Å². The first-order valence-electron chi connectivity index (χ1n) is 13.5. The van der Waals surface area contributed by atoms with Crippen molar-refractivity contribution in [3.63, 3.8) is 0 Å². The van der Waals surface area contributed by atoms with Crippen LogP contribution in [-0.4, -0.2) is 15.0 Å². The average Bonchev–Trinajstić information content (AvgIpc) is 3.05. The molecule has 1 aliphatic heterocycles. The fourth-order valence-corrected chi connectivity index (χ4v) is 4.68. The summed E-state index contributed by atoms with van der Waals surface area (Å²) in [6.45, 7) is 4.00. The minimum absolute atomic E-state index is 0.632. The molecule has 2 heterocycles. The molecule has 7 rings (SSSR count). The molecule has 40 heavy (non-hydrogen) atoms. The Labute approximate surface area is 234 Å². The molecule has 0 fully saturated rings. The van der Waals surface area contributed by atoms with E-state index in [0.717, 1.165) is 45.3 Å². The van der Waals surface area contributed by atoms with E-state index in [1.54, 1.807) is 0 Å². The molecule has 1 aliphatic rings. The van der Waals surface area contributed by atoms with Gasteiger partial charge in [0, 0.05) is 22.4 Å². The highest BCUT2D eigenvalue weighted by Gasteiger charge is 2.25. The standard InChI is InChI=1S/C33H22N4O.C2H6/c1-3-11-23(12-4-1)31-34-32(24-13-5-2-6-14-24)36-33(35-31)25-19-21-26(22-20-25)37-27-15-7-9-17-29(27)38-30-18-10-8-16-28(30)37;1-2/h1-22H;1-2H3. The second-order valence-electron chi connectivity index (χ2n) is 8.96. The smallest absolute Gasteiger partial charge is 0.164 e. The van der Waals surface area contributed by atoms with Crippen LogP contribution in [0.15, 0.2) is 133 Å². The number of ether oxygens (including phenoxy) is 1. The average molecular weight is 521 g/mol. The van der Waals surface area contributed by atoms with Crippen molar-refractivity contribution in [2.75, 3.05) is 4.90 Å². The van der Waals surface area contributed by atoms with Crippen molar-refractivity contribution < 1.29 is 4.74 Å². The molecule has 0 radical (unpaired) electrons. The van der Waals surface area contributed by atoms with E-state index in [1.165, 1.54) is 0 Å². The number of hydrogen-bond acceptors (Lipinski definition) is 5. The van der Waals surface area contributed by atoms with Crippen LogP contribution in [-0.2, 0) is 0 Å². The molecule has 1 aromatic heterocycles. The predicted molar refractivity (Wildman–Crippen MR) is 162 cm³/mol. The van der Waals surface area contributed by atoms with Crippen molar-refractivity contribution in [2.45, 2.75) is 13.8 Å². The van der Waals surface area contributed by atoms with Crippen LogP contribution in [0.25, 0.3) is 34.2 Å². The van der Waals surface area contributed by atoms with Crippen LogP contribution in [0.2, 0.25) is 0 Å². The van der Waals surface area contributed by atoms with E-state index in [1.807, 2.05) is 111 Å². The van der Waals surface area contributed by atoms with Gasteiger partial charge in [0.15, 0.2) is 29.0 Å². The van der Waals surface area contributed by atoms with E-state index >= 15 is 0 Å². The van der Waals surface area contributed by atoms with Crippen LogP contribution >= 0.6 is 0 Å². The van der Waals surface area contributed by atoms with Crippen molar-refractivity contribution in [2.24, 2.45) is 0 Å². The van der Waals surface area contributed by atoms with Gasteiger partial charge in [0.2, 0.25) is 0 Å². The molecular formula is C35H28N4O. The Morgan fingerprint density at radius 1 is 0.425 bits per heavy atom. The Morgan fingerprint density at radius 3 is 1.25 bits per heavy atom. The normalized spacial score (nSPS) is 11.4. The van der Waals surface area contributed by atoms with E-state index < -0.39 is 0 Å². The van der Waals surface area contributed by atoms with Gasteiger partial charge in [-0.15, -0.1) is 0 Å². The third-order valence-corrected chi connectivity index (χ3v) is 6.52. The van der Waals surface area contributed by atoms with Gasteiger partial charge in [0.1, 0.15) is 0 Å². The highest BCUT2D eigenvalue weighted by Crippen LogP contribution is 2.50. The lowest BCUT2D eigenvalue weighted by atomic mass is 10.1. The second kappa shape index (κ2) is 11.2. The molecule has 0 saturated carbocycles. The zero-order chi connectivity index (χ0) is 27.3. The maximum atomic E-state index is 6.16. The van der Waals surface area contributed by atoms with Crippen molar-refractivity contribution in [1.29, 1.82) is 0 Å². The topological polar surface area (TPSA) is 51.1 Å². The molecule has 0 amide bonds. The molecule has 0 aliphatic carbocycles. The lowest BCUT2D eigenvalue weighted by molar-refractivity contribution is 0.477. The molecular weight excluding hydrogens is 492 g/mol. The number of fused-ring (bicyclic) bond motifs is 2. The van der Waals surface area contributed by atoms with Crippen molar-refractivity contribution in [3.8, 4) is 45.7 Å². The molecule has 0 atom stereocenters. The molecule has 194 valence electrons. The highest BCUT2D eigenvalue weighted by molar-refractivity contribution is 5.86. The van der Waals surface area contributed by atoms with Crippen molar-refractivity contribution in [1.82, 2.24) is 15.0 Å². The van der Waals surface area contributed by atoms with E-state index in [0.29, 0.717) is 17.5 Å². The lowest BCUT2D eigenvalue weighted by Gasteiger charge is -2.32. The number of nitrogens with zero attached hydrogens (tertiary/aromatic N) is 4. The molecule has 0 unspecified atom stereocenters. The summed E-state index contributed by atoms with van der Waals surface area (Å²) in [5, 5.41) is 0. The number of para-hydroxylation sites is 4. The molecule has 0 bridgehead atoms. The molecule has 5 nitrogen and oxygen atoms in total. The fourth-order valence-electron chi connectivity index (χ4n) is 4.68. The van der Waals surface area contributed by atoms with Crippen LogP contribution < -0.4 is 9.64 Å². The van der Waals surface area contributed by atoms with Gasteiger partial charge in [-0.2, -0.15) is 0 Å². The Bertz CT molecular complexity index is 1630. The van der Waals surface area contributed by atoms with Crippen molar-refractivity contribution in [3.05, 3.63) is 133 Å². The maximum Gasteiger partial charge on any atom is 0.164 e. The maximum absolute atomic E-state index is 6.16. The van der Waals surface area contributed by atoms with Gasteiger partial charge in [0.05, 0.1) is 11.4 Å². The number of aromatic nitrogens is 3. The van der Waals surface area contributed by atoms with Gasteiger partial charge >= 0.3 is 0 Å². The predicted octanol–water partition coefficient (Wildman–Crippen LogP) is 9.47. The summed E-state index contributed by atoms with van der Waals surface area (Å²) < 4.78 is 6.16. The van der Waals surface area contributed by atoms with Crippen LogP contribution in [0.1, 0.15) is 13.8 Å². The van der Waals surface area contributed by atoms with Crippen LogP contribution in [0.5, 0.6) is 11.5 Å². The number of benzene rings is 5. The van der Waals surface area contributed by atoms with Gasteiger partial charge < -0.3 is 9.64 Å². The Kier molecular flexibility index (Phi) is 7.01. The summed E-state index contributed by atoms with van der Waals surface area (Å²) in [5.41, 5.74) is 5.84. The fraction of sp³-hybridized carbons (Fsp3) is 0.0571. The van der Waals surface area contributed by atoms with Gasteiger partial charge in [-0.05, 0) is 48.5 Å². The number of hydrogen-bond donors (Lipinski definition) is 0. The number of anilines is 3. The first-order chi connectivity index (χ1) is 19.8. The van der Waals surface area contributed by atoms with Gasteiger partial charge in [-0.3, -0.25) is 0 Å². The summed E-state index contributed by atoms with van der Waals surface area (Å²) >= 11 is 0. The molecule has 0 saturated heterocycles. The van der Waals surface area contributed by atoms with E-state index in [9.17, 15) is 0 Å². The van der Waals surface area contributed by atoms with Gasteiger partial charge in [-0.1, -0.05) is 98.8 Å². The lowest BCUT2D eigenvalue weighted by Crippen LogP contribution is -2.15. The summed E-state index contributed by atoms with van der Waals surface area (Å²) in [7, 11) is 0. The zero-order valence-corrected chi connectivity index (χ0v) is 22.4. The first kappa shape index (κ1) is 25.0. The van der Waals surface area contributed by atoms with Crippen LogP contribution in [0.4, 0.5) is 17.1 Å². The largest absolute Gasteiger partial charge is 0.453 e. The molecule has 0 N–H and O–H groups in total. The highest BCUT2D eigenvalue weighted by atomic mass is 16.5. The van der Waals surface area contributed by atoms with E-state index in [2.05, 4.69) is 41.3 Å². The minimum atomic E-state index is 0.632. The van der Waals surface area contributed by atoms with Crippen LogP contribution in [0.3, 0.4) is 0 Å². The third kappa shape index (κ3) is 4.81. The Balaban J connectivity index is 0.00000142. The minimum Gasteiger partial charge on any atom is -0.453 e. The summed E-state index contributed by atoms with van der Waals surface area (Å²) in [6, 6.07) is 44.5. The number of rotatable bonds is 4. The summed E-state index contributed by atoms with van der Waals surface area (Å²) in [4.78, 5) is 16.7. The SMILES string of the molecule is CC.c1ccc(-c2nc(-c3ccccc3)nc(-c3ccc(N4c5ccccc5Oc5ccccc54)cc3)n2)cc1. The second-order valence-corrected chi connectivity index (χ2v) is 8.96.